The molecule has 8 heteroatoms. The molecule has 23 heavy (non-hydrogen) atoms. The van der Waals surface area contributed by atoms with Crippen molar-refractivity contribution in [2.75, 3.05) is 0 Å². The average molecular weight is 368 g/mol. The summed E-state index contributed by atoms with van der Waals surface area (Å²) < 4.78 is 25.4. The van der Waals surface area contributed by atoms with Crippen LogP contribution in [0.3, 0.4) is 0 Å². The normalized spacial score (nSPS) is 11.6. The maximum Gasteiger partial charge on any atom is 0.240 e. The van der Waals surface area contributed by atoms with E-state index in [2.05, 4.69) is 5.10 Å². The number of hydrogen-bond acceptors (Lipinski definition) is 3. The van der Waals surface area contributed by atoms with Crippen molar-refractivity contribution in [2.45, 2.75) is 4.90 Å². The van der Waals surface area contributed by atoms with Crippen molar-refractivity contribution in [1.82, 2.24) is 9.78 Å². The molecule has 0 saturated carbocycles. The lowest BCUT2D eigenvalue weighted by atomic mass is 10.1. The minimum absolute atomic E-state index is 0.0985. The van der Waals surface area contributed by atoms with Crippen LogP contribution in [-0.4, -0.2) is 18.2 Å². The van der Waals surface area contributed by atoms with Crippen LogP contribution >= 0.6 is 23.2 Å². The number of benzene rings is 2. The first-order chi connectivity index (χ1) is 10.9. The second-order valence-electron chi connectivity index (χ2n) is 4.81. The second-order valence-corrected chi connectivity index (χ2v) is 7.18. The highest BCUT2D eigenvalue weighted by atomic mass is 35.5. The summed E-state index contributed by atoms with van der Waals surface area (Å²) in [6.07, 6.45) is 3.12. The lowest BCUT2D eigenvalue weighted by Crippen LogP contribution is -2.16. The molecule has 5 nitrogen and oxygen atoms in total. The summed E-state index contributed by atoms with van der Waals surface area (Å²) in [6, 6.07) is 11.8. The van der Waals surface area contributed by atoms with Crippen molar-refractivity contribution in [3.63, 3.8) is 0 Å². The number of sulfonamides is 1. The third kappa shape index (κ3) is 3.25. The fourth-order valence-electron chi connectivity index (χ4n) is 2.22. The van der Waals surface area contributed by atoms with Crippen LogP contribution in [0, 0.1) is 0 Å². The van der Waals surface area contributed by atoms with Crippen molar-refractivity contribution in [3.05, 3.63) is 64.9 Å². The summed E-state index contributed by atoms with van der Waals surface area (Å²) in [5.41, 5.74) is 1.61. The Hall–Kier alpha value is -1.86. The molecule has 0 atom stereocenters. The molecule has 0 aliphatic heterocycles. The van der Waals surface area contributed by atoms with Gasteiger partial charge >= 0.3 is 0 Å². The molecule has 3 aromatic rings. The highest BCUT2D eigenvalue weighted by Crippen LogP contribution is 2.33. The monoisotopic (exact) mass is 367 g/mol. The summed E-state index contributed by atoms with van der Waals surface area (Å²) in [7, 11) is -3.99. The third-order valence-electron chi connectivity index (χ3n) is 3.25. The standard InChI is InChI=1S/C15H11Cl2N3O2S/c16-12-4-2-10(3-5-12)11-8-13(17)15(20-7-1-6-19-20)14(9-11)23(18,21)22/h1-9H,(H2,18,21,22). The van der Waals surface area contributed by atoms with Gasteiger partial charge in [0, 0.05) is 17.4 Å². The van der Waals surface area contributed by atoms with Crippen molar-refractivity contribution in [3.8, 4) is 16.8 Å². The highest BCUT2D eigenvalue weighted by Gasteiger charge is 2.20. The van der Waals surface area contributed by atoms with Gasteiger partial charge in [-0.1, -0.05) is 35.3 Å². The number of halogens is 2. The number of aromatic nitrogens is 2. The lowest BCUT2D eigenvalue weighted by molar-refractivity contribution is 0.596. The molecule has 0 saturated heterocycles. The molecule has 118 valence electrons. The highest BCUT2D eigenvalue weighted by molar-refractivity contribution is 7.89. The molecule has 0 spiro atoms. The van der Waals surface area contributed by atoms with Gasteiger partial charge in [-0.05, 0) is 41.5 Å². The van der Waals surface area contributed by atoms with E-state index in [4.69, 9.17) is 28.3 Å². The van der Waals surface area contributed by atoms with Gasteiger partial charge in [-0.3, -0.25) is 0 Å². The molecule has 0 aliphatic carbocycles. The van der Waals surface area contributed by atoms with Crippen LogP contribution in [0.15, 0.2) is 59.8 Å². The zero-order valence-corrected chi connectivity index (χ0v) is 14.0. The minimum atomic E-state index is -3.99. The van der Waals surface area contributed by atoms with E-state index < -0.39 is 10.0 Å². The zero-order valence-electron chi connectivity index (χ0n) is 11.6. The van der Waals surface area contributed by atoms with Crippen molar-refractivity contribution >= 4 is 33.2 Å². The molecule has 0 amide bonds. The van der Waals surface area contributed by atoms with Gasteiger partial charge < -0.3 is 0 Å². The molecule has 0 radical (unpaired) electrons. The first kappa shape index (κ1) is 16.0. The molecular formula is C15H11Cl2N3O2S. The van der Waals surface area contributed by atoms with Crippen LogP contribution in [0.25, 0.3) is 16.8 Å². The molecule has 3 rings (SSSR count). The number of hydrogen-bond donors (Lipinski definition) is 1. The predicted molar refractivity (Wildman–Crippen MR) is 90.4 cm³/mol. The number of primary sulfonamides is 1. The van der Waals surface area contributed by atoms with Crippen LogP contribution in [-0.2, 0) is 10.0 Å². The zero-order chi connectivity index (χ0) is 16.6. The van der Waals surface area contributed by atoms with Gasteiger partial charge in [-0.15, -0.1) is 0 Å². The van der Waals surface area contributed by atoms with E-state index in [0.29, 0.717) is 10.6 Å². The number of rotatable bonds is 3. The molecular weight excluding hydrogens is 357 g/mol. The van der Waals surface area contributed by atoms with E-state index in [1.54, 1.807) is 42.6 Å². The molecule has 0 aliphatic rings. The Morgan fingerprint density at radius 2 is 1.74 bits per heavy atom. The van der Waals surface area contributed by atoms with E-state index in [9.17, 15) is 8.42 Å². The molecule has 0 fully saturated rings. The van der Waals surface area contributed by atoms with Crippen molar-refractivity contribution in [2.24, 2.45) is 5.14 Å². The van der Waals surface area contributed by atoms with E-state index >= 15 is 0 Å². The Morgan fingerprint density at radius 3 is 2.30 bits per heavy atom. The maximum atomic E-state index is 12.0. The van der Waals surface area contributed by atoms with E-state index in [-0.39, 0.29) is 15.6 Å². The average Bonchev–Trinajstić information content (AvgIpc) is 3.00. The summed E-state index contributed by atoms with van der Waals surface area (Å²) in [5, 5.41) is 10.2. The van der Waals surface area contributed by atoms with Crippen molar-refractivity contribution in [1.29, 1.82) is 0 Å². The topological polar surface area (TPSA) is 78.0 Å². The van der Waals surface area contributed by atoms with Crippen molar-refractivity contribution < 1.29 is 8.42 Å². The smallest absolute Gasteiger partial charge is 0.238 e. The lowest BCUT2D eigenvalue weighted by Gasteiger charge is -2.13. The largest absolute Gasteiger partial charge is 0.240 e. The molecule has 1 aromatic heterocycles. The molecule has 0 bridgehead atoms. The SMILES string of the molecule is NS(=O)(=O)c1cc(-c2ccc(Cl)cc2)cc(Cl)c1-n1cccn1. The summed E-state index contributed by atoms with van der Waals surface area (Å²) in [4.78, 5) is -0.0985. The Labute approximate surface area is 143 Å². The van der Waals surface area contributed by atoms with Gasteiger partial charge in [0.2, 0.25) is 10.0 Å². The summed E-state index contributed by atoms with van der Waals surface area (Å²) in [6.45, 7) is 0. The third-order valence-corrected chi connectivity index (χ3v) is 4.71. The quantitative estimate of drug-likeness (QED) is 0.769. The van der Waals surface area contributed by atoms with E-state index in [0.717, 1.165) is 5.56 Å². The molecule has 1 heterocycles. The van der Waals surface area contributed by atoms with Gasteiger partial charge in [0.25, 0.3) is 0 Å². The predicted octanol–water partition coefficient (Wildman–Crippen LogP) is 3.49. The molecule has 2 aromatic carbocycles. The Balaban J connectivity index is 2.27. The van der Waals surface area contributed by atoms with Crippen LogP contribution in [0.4, 0.5) is 0 Å². The van der Waals surface area contributed by atoms with Crippen LogP contribution in [0.1, 0.15) is 0 Å². The fourth-order valence-corrected chi connectivity index (χ4v) is 3.48. The Kier molecular flexibility index (Phi) is 4.16. The number of nitrogens with zero attached hydrogens (tertiary/aromatic N) is 2. The number of nitrogens with two attached hydrogens (primary N) is 1. The molecule has 0 unspecified atom stereocenters. The van der Waals surface area contributed by atoms with E-state index in [1.807, 2.05) is 0 Å². The second kappa shape index (κ2) is 5.98. The van der Waals surface area contributed by atoms with Gasteiger partial charge in [0.05, 0.1) is 5.02 Å². The minimum Gasteiger partial charge on any atom is -0.238 e. The first-order valence-electron chi connectivity index (χ1n) is 6.48. The van der Waals surface area contributed by atoms with Gasteiger partial charge in [-0.25, -0.2) is 18.2 Å². The van der Waals surface area contributed by atoms with Gasteiger partial charge in [0.1, 0.15) is 10.6 Å². The van der Waals surface area contributed by atoms with Crippen LogP contribution in [0.5, 0.6) is 0 Å². The Bertz CT molecular complexity index is 953. The Morgan fingerprint density at radius 1 is 1.04 bits per heavy atom. The van der Waals surface area contributed by atoms with Crippen LogP contribution < -0.4 is 5.14 Å². The first-order valence-corrected chi connectivity index (χ1v) is 8.79. The summed E-state index contributed by atoms with van der Waals surface area (Å²) in [5.74, 6) is 0. The van der Waals surface area contributed by atoms with E-state index in [1.165, 1.54) is 16.9 Å². The van der Waals surface area contributed by atoms with Gasteiger partial charge in [-0.2, -0.15) is 5.10 Å². The van der Waals surface area contributed by atoms with Crippen LogP contribution in [0.2, 0.25) is 10.0 Å². The fraction of sp³-hybridized carbons (Fsp3) is 0. The maximum absolute atomic E-state index is 12.0. The summed E-state index contributed by atoms with van der Waals surface area (Å²) >= 11 is 12.2. The molecule has 2 N–H and O–H groups in total. The van der Waals surface area contributed by atoms with Gasteiger partial charge in [0.15, 0.2) is 0 Å².